The molecule has 18 heavy (non-hydrogen) atoms. The number of hydrogen-bond donors (Lipinski definition) is 3. The van der Waals surface area contributed by atoms with Gasteiger partial charge in [-0.2, -0.15) is 0 Å². The predicted octanol–water partition coefficient (Wildman–Crippen LogP) is 0.971. The molecule has 1 aromatic rings. The van der Waals surface area contributed by atoms with Gasteiger partial charge in [0.15, 0.2) is 11.5 Å². The van der Waals surface area contributed by atoms with E-state index in [2.05, 4.69) is 10.6 Å². The van der Waals surface area contributed by atoms with Gasteiger partial charge in [0.2, 0.25) is 0 Å². The highest BCUT2D eigenvalue weighted by atomic mass is 16.5. The molecule has 94 valence electrons. The number of benzene rings is 1. The summed E-state index contributed by atoms with van der Waals surface area (Å²) in [6.07, 6.45) is 1.50. The first-order valence-corrected chi connectivity index (χ1v) is 5.40. The van der Waals surface area contributed by atoms with E-state index in [-0.39, 0.29) is 11.4 Å². The number of phenolic OH excluding ortho intramolecular Hbond substituents is 1. The Bertz CT molecular complexity index is 537. The summed E-state index contributed by atoms with van der Waals surface area (Å²) < 4.78 is 5.22. The first kappa shape index (κ1) is 12.0. The maximum absolute atomic E-state index is 11.3. The maximum atomic E-state index is 11.3. The van der Waals surface area contributed by atoms with Gasteiger partial charge in [-0.05, 0) is 30.7 Å². The third kappa shape index (κ3) is 2.42. The van der Waals surface area contributed by atoms with Gasteiger partial charge in [0, 0.05) is 0 Å². The molecule has 0 aromatic heterocycles. The fourth-order valence-corrected chi connectivity index (χ4v) is 1.54. The monoisotopic (exact) mass is 248 g/mol. The zero-order chi connectivity index (χ0) is 13.1. The number of ether oxygens (including phenoxy) is 1. The van der Waals surface area contributed by atoms with Gasteiger partial charge >= 0.3 is 6.03 Å². The highest BCUT2D eigenvalue weighted by molar-refractivity contribution is 6.13. The van der Waals surface area contributed by atoms with Crippen LogP contribution in [-0.2, 0) is 4.79 Å². The molecule has 3 N–H and O–H groups in total. The van der Waals surface area contributed by atoms with Gasteiger partial charge in [0.25, 0.3) is 5.91 Å². The summed E-state index contributed by atoms with van der Waals surface area (Å²) in [6.45, 7) is 2.22. The molecule has 0 spiro atoms. The normalized spacial score (nSPS) is 16.6. The Labute approximate surface area is 103 Å². The fraction of sp³-hybridized carbons (Fsp3) is 0.167. The SMILES string of the molecule is CCOc1cc(/C=C2/NC(=O)NC2=O)ccc1O. The van der Waals surface area contributed by atoms with E-state index >= 15 is 0 Å². The van der Waals surface area contributed by atoms with Crippen LogP contribution in [0.5, 0.6) is 11.5 Å². The van der Waals surface area contributed by atoms with Gasteiger partial charge in [-0.1, -0.05) is 6.07 Å². The quantitative estimate of drug-likeness (QED) is 0.549. The first-order chi connectivity index (χ1) is 8.60. The van der Waals surface area contributed by atoms with E-state index in [4.69, 9.17) is 4.74 Å². The average Bonchev–Trinajstić information content (AvgIpc) is 2.62. The molecule has 0 atom stereocenters. The third-order valence-electron chi connectivity index (χ3n) is 2.31. The van der Waals surface area contributed by atoms with Crippen LogP contribution in [0.4, 0.5) is 4.79 Å². The smallest absolute Gasteiger partial charge is 0.326 e. The van der Waals surface area contributed by atoms with Crippen LogP contribution in [0.3, 0.4) is 0 Å². The average molecular weight is 248 g/mol. The summed E-state index contributed by atoms with van der Waals surface area (Å²) in [4.78, 5) is 22.3. The van der Waals surface area contributed by atoms with Crippen molar-refractivity contribution >= 4 is 18.0 Å². The van der Waals surface area contributed by atoms with Crippen LogP contribution in [0.1, 0.15) is 12.5 Å². The van der Waals surface area contributed by atoms with E-state index in [0.29, 0.717) is 17.9 Å². The summed E-state index contributed by atoms with van der Waals surface area (Å²) in [5.41, 5.74) is 0.803. The summed E-state index contributed by atoms with van der Waals surface area (Å²) in [7, 11) is 0. The second-order valence-electron chi connectivity index (χ2n) is 3.63. The highest BCUT2D eigenvalue weighted by Crippen LogP contribution is 2.27. The Morgan fingerprint density at radius 1 is 1.33 bits per heavy atom. The van der Waals surface area contributed by atoms with Gasteiger partial charge in [-0.25, -0.2) is 4.79 Å². The molecule has 1 fully saturated rings. The summed E-state index contributed by atoms with van der Waals surface area (Å²) in [5, 5.41) is 14.0. The van der Waals surface area contributed by atoms with Crippen molar-refractivity contribution in [3.05, 3.63) is 29.5 Å². The third-order valence-corrected chi connectivity index (χ3v) is 2.31. The van der Waals surface area contributed by atoms with Gasteiger partial charge < -0.3 is 15.2 Å². The molecular weight excluding hydrogens is 236 g/mol. The van der Waals surface area contributed by atoms with Crippen molar-refractivity contribution < 1.29 is 19.4 Å². The van der Waals surface area contributed by atoms with E-state index in [1.807, 2.05) is 0 Å². The number of carbonyl (C=O) groups is 2. The summed E-state index contributed by atoms with van der Waals surface area (Å²) in [6, 6.07) is 4.12. The number of carbonyl (C=O) groups excluding carboxylic acids is 2. The predicted molar refractivity (Wildman–Crippen MR) is 63.9 cm³/mol. The van der Waals surface area contributed by atoms with E-state index < -0.39 is 11.9 Å². The Balaban J connectivity index is 2.29. The lowest BCUT2D eigenvalue weighted by Crippen LogP contribution is -2.22. The standard InChI is InChI=1S/C12H12N2O4/c1-2-18-10-6-7(3-4-9(10)15)5-8-11(16)14-12(17)13-8/h3-6,15H,2H2,1H3,(H2,13,14,16,17)/b8-5+. The number of phenols is 1. The molecule has 0 saturated carbocycles. The van der Waals surface area contributed by atoms with Crippen molar-refractivity contribution in [1.29, 1.82) is 0 Å². The van der Waals surface area contributed by atoms with Crippen LogP contribution in [0, 0.1) is 0 Å². The Hall–Kier alpha value is -2.50. The lowest BCUT2D eigenvalue weighted by Gasteiger charge is -2.06. The number of amides is 3. The molecule has 2 rings (SSSR count). The van der Waals surface area contributed by atoms with Crippen LogP contribution in [-0.4, -0.2) is 23.7 Å². The maximum Gasteiger partial charge on any atom is 0.326 e. The minimum Gasteiger partial charge on any atom is -0.504 e. The topological polar surface area (TPSA) is 87.7 Å². The first-order valence-electron chi connectivity index (χ1n) is 5.40. The Morgan fingerprint density at radius 3 is 2.72 bits per heavy atom. The number of aromatic hydroxyl groups is 1. The van der Waals surface area contributed by atoms with Gasteiger partial charge in [-0.3, -0.25) is 10.1 Å². The zero-order valence-electron chi connectivity index (χ0n) is 9.69. The molecule has 0 unspecified atom stereocenters. The van der Waals surface area contributed by atoms with Crippen molar-refractivity contribution in [3.8, 4) is 11.5 Å². The second kappa shape index (κ2) is 4.79. The Morgan fingerprint density at radius 2 is 2.11 bits per heavy atom. The van der Waals surface area contributed by atoms with E-state index in [0.717, 1.165) is 0 Å². The molecule has 1 aliphatic rings. The number of nitrogens with one attached hydrogen (secondary N) is 2. The molecule has 6 heteroatoms. The lowest BCUT2D eigenvalue weighted by atomic mass is 10.1. The van der Waals surface area contributed by atoms with Crippen molar-refractivity contribution in [2.45, 2.75) is 6.92 Å². The number of imide groups is 1. The van der Waals surface area contributed by atoms with Crippen LogP contribution in [0.25, 0.3) is 6.08 Å². The van der Waals surface area contributed by atoms with Crippen molar-refractivity contribution in [3.63, 3.8) is 0 Å². The lowest BCUT2D eigenvalue weighted by molar-refractivity contribution is -0.115. The largest absolute Gasteiger partial charge is 0.504 e. The van der Waals surface area contributed by atoms with Crippen molar-refractivity contribution in [2.75, 3.05) is 6.61 Å². The van der Waals surface area contributed by atoms with E-state index in [1.54, 1.807) is 19.1 Å². The molecule has 0 bridgehead atoms. The van der Waals surface area contributed by atoms with Crippen molar-refractivity contribution in [2.24, 2.45) is 0 Å². The Kier molecular flexibility index (Phi) is 3.18. The molecule has 1 aromatic carbocycles. The van der Waals surface area contributed by atoms with Crippen LogP contribution < -0.4 is 15.4 Å². The fourth-order valence-electron chi connectivity index (χ4n) is 1.54. The molecular formula is C12H12N2O4. The second-order valence-corrected chi connectivity index (χ2v) is 3.63. The van der Waals surface area contributed by atoms with Gasteiger partial charge in [0.1, 0.15) is 5.70 Å². The number of rotatable bonds is 3. The van der Waals surface area contributed by atoms with Crippen LogP contribution >= 0.6 is 0 Å². The van der Waals surface area contributed by atoms with Crippen LogP contribution in [0.2, 0.25) is 0 Å². The molecule has 0 aliphatic carbocycles. The number of hydrogen-bond acceptors (Lipinski definition) is 4. The molecule has 1 aliphatic heterocycles. The highest BCUT2D eigenvalue weighted by Gasteiger charge is 2.22. The van der Waals surface area contributed by atoms with E-state index in [1.165, 1.54) is 12.1 Å². The molecule has 6 nitrogen and oxygen atoms in total. The summed E-state index contributed by atoms with van der Waals surface area (Å²) in [5.74, 6) is -0.124. The zero-order valence-corrected chi connectivity index (χ0v) is 9.69. The van der Waals surface area contributed by atoms with Crippen LogP contribution in [0.15, 0.2) is 23.9 Å². The molecule has 0 radical (unpaired) electrons. The van der Waals surface area contributed by atoms with Gasteiger partial charge in [0.05, 0.1) is 6.61 Å². The molecule has 1 heterocycles. The van der Waals surface area contributed by atoms with E-state index in [9.17, 15) is 14.7 Å². The van der Waals surface area contributed by atoms with Crippen molar-refractivity contribution in [1.82, 2.24) is 10.6 Å². The minimum absolute atomic E-state index is 0.0268. The van der Waals surface area contributed by atoms with Gasteiger partial charge in [-0.15, -0.1) is 0 Å². The molecule has 1 saturated heterocycles. The minimum atomic E-state index is -0.546. The number of urea groups is 1. The summed E-state index contributed by atoms with van der Waals surface area (Å²) >= 11 is 0. The molecule has 3 amide bonds.